The van der Waals surface area contributed by atoms with E-state index in [1.54, 1.807) is 16.7 Å². The fourth-order valence-electron chi connectivity index (χ4n) is 2.96. The molecule has 1 heterocycles. The normalized spacial score (nSPS) is 10.6. The molecule has 0 amide bonds. The summed E-state index contributed by atoms with van der Waals surface area (Å²) >= 11 is 0. The Kier molecular flexibility index (Phi) is 5.64. The van der Waals surface area contributed by atoms with Gasteiger partial charge in [-0.1, -0.05) is 66.7 Å². The highest BCUT2D eigenvalue weighted by Gasteiger charge is 2.12. The molecule has 0 unspecified atom stereocenters. The lowest BCUT2D eigenvalue weighted by atomic mass is 10.2. The molecule has 3 rings (SSSR count). The maximum Gasteiger partial charge on any atom is 0.331 e. The highest BCUT2D eigenvalue weighted by molar-refractivity contribution is 5.18. The molecular weight excluding hydrogens is 324 g/mol. The minimum Gasteiger partial charge on any atom is -0.293 e. The molecular formula is C22H22N2O2. The van der Waals surface area contributed by atoms with Gasteiger partial charge in [-0.15, -0.1) is 6.58 Å². The third-order valence-electron chi connectivity index (χ3n) is 4.34. The summed E-state index contributed by atoms with van der Waals surface area (Å²) in [5.74, 6) is 0. The molecule has 0 N–H and O–H groups in total. The first-order valence-electron chi connectivity index (χ1n) is 8.71. The fraction of sp³-hybridized carbons (Fsp3) is 0.182. The SMILES string of the molecule is C=CCCc1cc(=O)n(Cc2ccccc2)c(=O)n1Cc1ccccc1. The van der Waals surface area contributed by atoms with E-state index in [0.29, 0.717) is 13.0 Å². The maximum atomic E-state index is 13.1. The molecule has 4 nitrogen and oxygen atoms in total. The van der Waals surface area contributed by atoms with Crippen molar-refractivity contribution in [1.29, 1.82) is 0 Å². The zero-order valence-electron chi connectivity index (χ0n) is 14.7. The quantitative estimate of drug-likeness (QED) is 0.617. The molecule has 0 fully saturated rings. The van der Waals surface area contributed by atoms with E-state index in [2.05, 4.69) is 6.58 Å². The second-order valence-electron chi connectivity index (χ2n) is 6.23. The molecule has 26 heavy (non-hydrogen) atoms. The molecule has 1 aromatic heterocycles. The third kappa shape index (κ3) is 4.09. The third-order valence-corrected chi connectivity index (χ3v) is 4.34. The summed E-state index contributed by atoms with van der Waals surface area (Å²) in [6.07, 6.45) is 3.14. The Morgan fingerprint density at radius 3 is 1.88 bits per heavy atom. The van der Waals surface area contributed by atoms with Crippen LogP contribution in [0.3, 0.4) is 0 Å². The van der Waals surface area contributed by atoms with Gasteiger partial charge in [0.2, 0.25) is 0 Å². The van der Waals surface area contributed by atoms with Gasteiger partial charge in [-0.25, -0.2) is 4.79 Å². The lowest BCUT2D eigenvalue weighted by Gasteiger charge is -2.15. The molecule has 0 saturated carbocycles. The zero-order chi connectivity index (χ0) is 18.4. The molecule has 0 aliphatic carbocycles. The first-order chi connectivity index (χ1) is 12.7. The lowest BCUT2D eigenvalue weighted by Crippen LogP contribution is -2.41. The standard InChI is InChI=1S/C22H22N2O2/c1-2-3-14-20-15-21(25)24(17-19-12-8-5-9-13-19)22(26)23(20)16-18-10-6-4-7-11-18/h2,4-13,15H,1,3,14,16-17H2. The average Bonchev–Trinajstić information content (AvgIpc) is 2.67. The van der Waals surface area contributed by atoms with Crippen molar-refractivity contribution in [2.75, 3.05) is 0 Å². The number of aryl methyl sites for hydroxylation is 1. The Hall–Kier alpha value is -3.14. The van der Waals surface area contributed by atoms with Crippen LogP contribution in [0.2, 0.25) is 0 Å². The van der Waals surface area contributed by atoms with Gasteiger partial charge < -0.3 is 0 Å². The lowest BCUT2D eigenvalue weighted by molar-refractivity contribution is 0.584. The van der Waals surface area contributed by atoms with Crippen molar-refractivity contribution in [3.05, 3.63) is 117 Å². The molecule has 0 spiro atoms. The Bertz CT molecular complexity index is 986. The first-order valence-corrected chi connectivity index (χ1v) is 8.71. The van der Waals surface area contributed by atoms with E-state index >= 15 is 0 Å². The number of allylic oxidation sites excluding steroid dienone is 1. The molecule has 0 aliphatic rings. The summed E-state index contributed by atoms with van der Waals surface area (Å²) in [5.41, 5.74) is 2.16. The fourth-order valence-corrected chi connectivity index (χ4v) is 2.96. The van der Waals surface area contributed by atoms with E-state index < -0.39 is 0 Å². The molecule has 0 atom stereocenters. The molecule has 4 heteroatoms. The van der Waals surface area contributed by atoms with Gasteiger partial charge in [-0.3, -0.25) is 13.9 Å². The van der Waals surface area contributed by atoms with Crippen molar-refractivity contribution in [1.82, 2.24) is 9.13 Å². The van der Waals surface area contributed by atoms with Gasteiger partial charge in [-0.2, -0.15) is 0 Å². The Morgan fingerprint density at radius 2 is 1.35 bits per heavy atom. The van der Waals surface area contributed by atoms with Gasteiger partial charge in [0.15, 0.2) is 0 Å². The summed E-state index contributed by atoms with van der Waals surface area (Å²) < 4.78 is 3.00. The van der Waals surface area contributed by atoms with Crippen LogP contribution in [0.25, 0.3) is 0 Å². The van der Waals surface area contributed by atoms with E-state index in [0.717, 1.165) is 23.2 Å². The van der Waals surface area contributed by atoms with E-state index in [1.807, 2.05) is 60.7 Å². The number of benzene rings is 2. The van der Waals surface area contributed by atoms with Gasteiger partial charge in [0, 0.05) is 11.8 Å². The van der Waals surface area contributed by atoms with E-state index in [1.165, 1.54) is 4.57 Å². The number of nitrogens with zero attached hydrogens (tertiary/aromatic N) is 2. The van der Waals surface area contributed by atoms with Crippen LogP contribution in [0.5, 0.6) is 0 Å². The minimum absolute atomic E-state index is 0.262. The van der Waals surface area contributed by atoms with Crippen molar-refractivity contribution in [2.45, 2.75) is 25.9 Å². The van der Waals surface area contributed by atoms with Crippen molar-refractivity contribution in [3.8, 4) is 0 Å². The molecule has 0 radical (unpaired) electrons. The summed E-state index contributed by atoms with van der Waals surface area (Å²) in [4.78, 5) is 25.6. The van der Waals surface area contributed by atoms with Crippen LogP contribution in [0, 0.1) is 0 Å². The Balaban J connectivity index is 2.06. The average molecular weight is 346 g/mol. The van der Waals surface area contributed by atoms with Gasteiger partial charge in [-0.05, 0) is 24.0 Å². The Labute approximate surface area is 152 Å². The van der Waals surface area contributed by atoms with Crippen molar-refractivity contribution in [2.24, 2.45) is 0 Å². The largest absolute Gasteiger partial charge is 0.331 e. The van der Waals surface area contributed by atoms with Crippen LogP contribution in [0.4, 0.5) is 0 Å². The van der Waals surface area contributed by atoms with Crippen LogP contribution < -0.4 is 11.2 Å². The van der Waals surface area contributed by atoms with Crippen molar-refractivity contribution in [3.63, 3.8) is 0 Å². The van der Waals surface area contributed by atoms with Crippen LogP contribution >= 0.6 is 0 Å². The van der Waals surface area contributed by atoms with Gasteiger partial charge in [0.1, 0.15) is 0 Å². The van der Waals surface area contributed by atoms with E-state index in [4.69, 9.17) is 0 Å². The van der Waals surface area contributed by atoms with Gasteiger partial charge in [0.05, 0.1) is 13.1 Å². The van der Waals surface area contributed by atoms with Gasteiger partial charge >= 0.3 is 5.69 Å². The smallest absolute Gasteiger partial charge is 0.293 e. The van der Waals surface area contributed by atoms with E-state index in [-0.39, 0.29) is 17.8 Å². The predicted molar refractivity (Wildman–Crippen MR) is 105 cm³/mol. The number of hydrogen-bond donors (Lipinski definition) is 0. The zero-order valence-corrected chi connectivity index (χ0v) is 14.7. The van der Waals surface area contributed by atoms with E-state index in [9.17, 15) is 9.59 Å². The first kappa shape index (κ1) is 17.7. The summed E-state index contributed by atoms with van der Waals surface area (Å²) in [5, 5.41) is 0. The van der Waals surface area contributed by atoms with Crippen LogP contribution in [0.15, 0.2) is 89.0 Å². The number of aromatic nitrogens is 2. The summed E-state index contributed by atoms with van der Waals surface area (Å²) in [7, 11) is 0. The predicted octanol–water partition coefficient (Wildman–Crippen LogP) is 3.23. The highest BCUT2D eigenvalue weighted by atomic mass is 16.2. The molecule has 3 aromatic rings. The number of hydrogen-bond acceptors (Lipinski definition) is 2. The second kappa shape index (κ2) is 8.30. The summed E-state index contributed by atoms with van der Waals surface area (Å²) in [6.45, 7) is 4.46. The molecule has 0 aliphatic heterocycles. The Morgan fingerprint density at radius 1 is 0.808 bits per heavy atom. The van der Waals surface area contributed by atoms with Gasteiger partial charge in [0.25, 0.3) is 5.56 Å². The monoisotopic (exact) mass is 346 g/mol. The summed E-state index contributed by atoms with van der Waals surface area (Å²) in [6, 6.07) is 20.9. The molecule has 132 valence electrons. The second-order valence-corrected chi connectivity index (χ2v) is 6.23. The van der Waals surface area contributed by atoms with Crippen LogP contribution in [0.1, 0.15) is 23.2 Å². The molecule has 2 aromatic carbocycles. The number of rotatable bonds is 7. The van der Waals surface area contributed by atoms with Crippen molar-refractivity contribution < 1.29 is 0 Å². The molecule has 0 saturated heterocycles. The van der Waals surface area contributed by atoms with Crippen LogP contribution in [-0.2, 0) is 19.5 Å². The molecule has 0 bridgehead atoms. The van der Waals surface area contributed by atoms with Crippen LogP contribution in [-0.4, -0.2) is 9.13 Å². The maximum absolute atomic E-state index is 13.1. The topological polar surface area (TPSA) is 44.0 Å². The highest BCUT2D eigenvalue weighted by Crippen LogP contribution is 2.06. The van der Waals surface area contributed by atoms with Crippen molar-refractivity contribution >= 4 is 0 Å². The minimum atomic E-state index is -0.274.